The molecule has 0 aromatic heterocycles. The standard InChI is InChI=1S/C18H25.2FH.Zr/c1-7-9-15-10-8-11-16(15)17-13(3)12(2)14(4)18(17,5)6;;;/h11H,7-9H2,1-6H3;2*1H;/q-1;;;+3/p-2. The number of allylic oxidation sites excluding steroid dienone is 8. The van der Waals surface area contributed by atoms with E-state index in [2.05, 4.69) is 53.7 Å². The summed E-state index contributed by atoms with van der Waals surface area (Å²) < 4.78 is 0. The SMILES string of the molecule is CCCC1=[C-]CC=C1C1=C(C)C(C)=C(C)C1(C)C.[F-].[F-].[Zr+3]. The molecule has 0 fully saturated rings. The molecular formula is C18H25F2Zr. The van der Waals surface area contributed by atoms with E-state index in [0.717, 1.165) is 12.8 Å². The minimum Gasteiger partial charge on any atom is -1.00 e. The van der Waals surface area contributed by atoms with Crippen LogP contribution in [0.25, 0.3) is 0 Å². The van der Waals surface area contributed by atoms with Crippen molar-refractivity contribution >= 4 is 0 Å². The predicted octanol–water partition coefficient (Wildman–Crippen LogP) is -0.456. The van der Waals surface area contributed by atoms with E-state index in [-0.39, 0.29) is 41.0 Å². The van der Waals surface area contributed by atoms with Crippen molar-refractivity contribution in [2.24, 2.45) is 5.41 Å². The van der Waals surface area contributed by atoms with Crippen LogP contribution in [0.2, 0.25) is 0 Å². The van der Waals surface area contributed by atoms with Crippen molar-refractivity contribution in [3.05, 3.63) is 45.6 Å². The average molecular weight is 371 g/mol. The van der Waals surface area contributed by atoms with Gasteiger partial charge in [-0.1, -0.05) is 44.8 Å². The zero-order valence-corrected chi connectivity index (χ0v) is 16.4. The molecule has 2 rings (SSSR count). The van der Waals surface area contributed by atoms with Crippen LogP contribution in [-0.4, -0.2) is 0 Å². The molecule has 3 heteroatoms. The molecule has 1 radical (unpaired) electrons. The smallest absolute Gasteiger partial charge is 1.00 e. The molecule has 21 heavy (non-hydrogen) atoms. The molecule has 0 unspecified atom stereocenters. The van der Waals surface area contributed by atoms with E-state index in [1.54, 1.807) is 5.57 Å². The van der Waals surface area contributed by atoms with E-state index in [4.69, 9.17) is 0 Å². The van der Waals surface area contributed by atoms with Gasteiger partial charge in [0.25, 0.3) is 0 Å². The van der Waals surface area contributed by atoms with Crippen molar-refractivity contribution in [1.29, 1.82) is 0 Å². The molecule has 0 atom stereocenters. The van der Waals surface area contributed by atoms with Gasteiger partial charge >= 0.3 is 26.2 Å². The third-order valence-corrected chi connectivity index (χ3v) is 4.78. The Morgan fingerprint density at radius 2 is 1.67 bits per heavy atom. The molecule has 0 saturated carbocycles. The second kappa shape index (κ2) is 8.37. The van der Waals surface area contributed by atoms with Crippen LogP contribution in [0.1, 0.15) is 60.8 Å². The Balaban J connectivity index is 0. The van der Waals surface area contributed by atoms with Gasteiger partial charge in [-0.2, -0.15) is 11.6 Å². The van der Waals surface area contributed by atoms with Crippen LogP contribution < -0.4 is 9.41 Å². The maximum atomic E-state index is 3.54. The second-order valence-electron chi connectivity index (χ2n) is 6.10. The summed E-state index contributed by atoms with van der Waals surface area (Å²) in [5, 5.41) is 0. The maximum Gasteiger partial charge on any atom is 3.00 e. The van der Waals surface area contributed by atoms with Gasteiger partial charge in [0.05, 0.1) is 0 Å². The summed E-state index contributed by atoms with van der Waals surface area (Å²) in [6.07, 6.45) is 9.28. The number of rotatable bonds is 3. The normalized spacial score (nSPS) is 19.5. The van der Waals surface area contributed by atoms with Crippen molar-refractivity contribution in [2.45, 2.75) is 60.8 Å². The van der Waals surface area contributed by atoms with E-state index in [0.29, 0.717) is 0 Å². The minimum absolute atomic E-state index is 0. The fourth-order valence-electron chi connectivity index (χ4n) is 3.35. The maximum absolute atomic E-state index is 3.54. The zero-order chi connectivity index (χ0) is 13.5. The summed E-state index contributed by atoms with van der Waals surface area (Å²) in [6, 6.07) is 0. The number of halogens is 2. The third kappa shape index (κ3) is 3.73. The Morgan fingerprint density at radius 1 is 1.10 bits per heavy atom. The topological polar surface area (TPSA) is 0 Å². The van der Waals surface area contributed by atoms with Crippen LogP contribution in [-0.2, 0) is 26.2 Å². The molecule has 0 heterocycles. The van der Waals surface area contributed by atoms with Crippen molar-refractivity contribution in [2.75, 3.05) is 0 Å². The van der Waals surface area contributed by atoms with E-state index < -0.39 is 0 Å². The van der Waals surface area contributed by atoms with Crippen molar-refractivity contribution in [1.82, 2.24) is 0 Å². The summed E-state index contributed by atoms with van der Waals surface area (Å²) >= 11 is 0. The van der Waals surface area contributed by atoms with Gasteiger partial charge in [0.2, 0.25) is 0 Å². The van der Waals surface area contributed by atoms with Crippen molar-refractivity contribution in [3.63, 3.8) is 0 Å². The third-order valence-electron chi connectivity index (χ3n) is 4.78. The van der Waals surface area contributed by atoms with E-state index in [9.17, 15) is 0 Å². The molecule has 0 aromatic rings. The first-order valence-corrected chi connectivity index (χ1v) is 7.11. The van der Waals surface area contributed by atoms with Crippen LogP contribution in [0, 0.1) is 11.5 Å². The summed E-state index contributed by atoms with van der Waals surface area (Å²) in [7, 11) is 0. The molecule has 0 bridgehead atoms. The summed E-state index contributed by atoms with van der Waals surface area (Å²) in [6.45, 7) is 13.8. The molecule has 2 aliphatic carbocycles. The predicted molar refractivity (Wildman–Crippen MR) is 79.2 cm³/mol. The van der Waals surface area contributed by atoms with Crippen molar-refractivity contribution in [3.8, 4) is 0 Å². The van der Waals surface area contributed by atoms with Crippen LogP contribution >= 0.6 is 0 Å². The van der Waals surface area contributed by atoms with Gasteiger partial charge in [-0.3, -0.25) is 6.08 Å². The van der Waals surface area contributed by atoms with Gasteiger partial charge in [0.1, 0.15) is 0 Å². The minimum atomic E-state index is 0. The Morgan fingerprint density at radius 3 is 2.10 bits per heavy atom. The first-order chi connectivity index (χ1) is 8.41. The quantitative estimate of drug-likeness (QED) is 0.590. The van der Waals surface area contributed by atoms with Crippen LogP contribution in [0.15, 0.2) is 39.5 Å². The van der Waals surface area contributed by atoms with Gasteiger partial charge in [-0.15, -0.1) is 12.0 Å². The first kappa shape index (κ1) is 23.0. The largest absolute Gasteiger partial charge is 3.00 e. The number of hydrogen-bond donors (Lipinski definition) is 0. The molecule has 0 aliphatic heterocycles. The van der Waals surface area contributed by atoms with Gasteiger partial charge in [-0.05, 0) is 31.8 Å². The van der Waals surface area contributed by atoms with Gasteiger partial charge in [0.15, 0.2) is 0 Å². The number of hydrogen-bond acceptors (Lipinski definition) is 0. The van der Waals surface area contributed by atoms with E-state index >= 15 is 0 Å². The molecule has 0 saturated heterocycles. The molecule has 0 amide bonds. The summed E-state index contributed by atoms with van der Waals surface area (Å²) in [4.78, 5) is 0. The van der Waals surface area contributed by atoms with Crippen molar-refractivity contribution < 1.29 is 35.6 Å². The summed E-state index contributed by atoms with van der Waals surface area (Å²) in [5.74, 6) is 0. The van der Waals surface area contributed by atoms with E-state index in [1.807, 2.05) is 0 Å². The Hall–Kier alpha value is -0.297. The molecule has 2 aliphatic rings. The monoisotopic (exact) mass is 369 g/mol. The Bertz CT molecular complexity index is 505. The molecule has 0 nitrogen and oxygen atoms in total. The van der Waals surface area contributed by atoms with Gasteiger partial charge in [-0.25, -0.2) is 5.57 Å². The molecule has 0 aromatic carbocycles. The fraction of sp³-hybridized carbons (Fsp3) is 0.556. The zero-order valence-electron chi connectivity index (χ0n) is 14.0. The van der Waals surface area contributed by atoms with Gasteiger partial charge < -0.3 is 9.41 Å². The fourth-order valence-corrected chi connectivity index (χ4v) is 3.35. The Labute approximate surface area is 147 Å². The average Bonchev–Trinajstić information content (AvgIpc) is 2.80. The first-order valence-electron chi connectivity index (χ1n) is 7.11. The molecule has 0 N–H and O–H groups in total. The Kier molecular flexibility index (Phi) is 9.15. The van der Waals surface area contributed by atoms with Gasteiger partial charge in [0, 0.05) is 0 Å². The summed E-state index contributed by atoms with van der Waals surface area (Å²) in [5.41, 5.74) is 9.16. The van der Waals surface area contributed by atoms with Crippen LogP contribution in [0.4, 0.5) is 0 Å². The van der Waals surface area contributed by atoms with Crippen LogP contribution in [0.3, 0.4) is 0 Å². The molecular weight excluding hydrogens is 345 g/mol. The molecule has 115 valence electrons. The second-order valence-corrected chi connectivity index (χ2v) is 6.10. The van der Waals surface area contributed by atoms with Crippen LogP contribution in [0.5, 0.6) is 0 Å². The molecule has 0 spiro atoms. The van der Waals surface area contributed by atoms with E-state index in [1.165, 1.54) is 34.3 Å².